The van der Waals surface area contributed by atoms with Crippen LogP contribution in [0.25, 0.3) is 0 Å². The van der Waals surface area contributed by atoms with E-state index in [-0.39, 0.29) is 17.6 Å². The molecule has 0 aliphatic heterocycles. The molecule has 0 unspecified atom stereocenters. The molecule has 1 N–H and O–H groups in total. The summed E-state index contributed by atoms with van der Waals surface area (Å²) >= 11 is 0. The van der Waals surface area contributed by atoms with E-state index >= 15 is 0 Å². The van der Waals surface area contributed by atoms with Crippen LogP contribution in [0.3, 0.4) is 0 Å². The molecule has 1 aromatic heterocycles. The van der Waals surface area contributed by atoms with Crippen LogP contribution in [-0.4, -0.2) is 17.0 Å². The number of rotatable bonds is 13. The number of carbonyl (C=O) groups is 1. The van der Waals surface area contributed by atoms with Crippen LogP contribution >= 0.6 is 0 Å². The van der Waals surface area contributed by atoms with Gasteiger partial charge < -0.3 is 4.42 Å². The highest BCUT2D eigenvalue weighted by Crippen LogP contribution is 2.13. The van der Waals surface area contributed by atoms with Crippen LogP contribution in [0.4, 0.5) is 5.88 Å². The summed E-state index contributed by atoms with van der Waals surface area (Å²) in [5.41, 5.74) is 2.40. The maximum atomic E-state index is 11.6. The lowest BCUT2D eigenvalue weighted by molar-refractivity contribution is -0.402. The molecule has 24 heavy (non-hydrogen) atoms. The van der Waals surface area contributed by atoms with E-state index in [0.29, 0.717) is 6.42 Å². The van der Waals surface area contributed by atoms with Crippen molar-refractivity contribution < 1.29 is 14.1 Å². The fraction of sp³-hybridized carbons (Fsp3) is 0.647. The van der Waals surface area contributed by atoms with Gasteiger partial charge in [-0.3, -0.25) is 14.9 Å². The quantitative estimate of drug-likeness (QED) is 0.247. The van der Waals surface area contributed by atoms with Crippen molar-refractivity contribution in [2.45, 2.75) is 71.1 Å². The number of hydrazone groups is 1. The summed E-state index contributed by atoms with van der Waals surface area (Å²) in [7, 11) is 0. The van der Waals surface area contributed by atoms with E-state index in [2.05, 4.69) is 17.5 Å². The molecule has 7 heteroatoms. The van der Waals surface area contributed by atoms with Gasteiger partial charge in [-0.25, -0.2) is 5.43 Å². The summed E-state index contributed by atoms with van der Waals surface area (Å²) in [6.45, 7) is 2.22. The lowest BCUT2D eigenvalue weighted by Gasteiger charge is -2.02. The molecule has 0 atom stereocenters. The Morgan fingerprint density at radius 1 is 1.17 bits per heavy atom. The van der Waals surface area contributed by atoms with Gasteiger partial charge >= 0.3 is 5.88 Å². The van der Waals surface area contributed by atoms with E-state index in [0.717, 1.165) is 12.8 Å². The Labute approximate surface area is 142 Å². The molecule has 0 bridgehead atoms. The second kappa shape index (κ2) is 12.3. The first kappa shape index (κ1) is 19.9. The Bertz CT molecular complexity index is 526. The average Bonchev–Trinajstić information content (AvgIpc) is 3.02. The number of nitrogens with zero attached hydrogens (tertiary/aromatic N) is 2. The number of nitro groups is 1. The molecule has 0 saturated heterocycles. The Kier molecular flexibility index (Phi) is 10.2. The van der Waals surface area contributed by atoms with Gasteiger partial charge in [0.2, 0.25) is 5.91 Å². The zero-order chi connectivity index (χ0) is 17.6. The van der Waals surface area contributed by atoms with E-state index in [1.54, 1.807) is 0 Å². The summed E-state index contributed by atoms with van der Waals surface area (Å²) in [6.07, 6.45) is 12.5. The average molecular weight is 337 g/mol. The third-order valence-electron chi connectivity index (χ3n) is 3.68. The van der Waals surface area contributed by atoms with Gasteiger partial charge in [-0.15, -0.1) is 0 Å². The third-order valence-corrected chi connectivity index (χ3v) is 3.68. The smallest absolute Gasteiger partial charge is 0.400 e. The fourth-order valence-electron chi connectivity index (χ4n) is 2.33. The molecule has 1 heterocycles. The van der Waals surface area contributed by atoms with Crippen molar-refractivity contribution in [1.29, 1.82) is 0 Å². The van der Waals surface area contributed by atoms with Gasteiger partial charge in [-0.1, -0.05) is 58.3 Å². The lowest BCUT2D eigenvalue weighted by Crippen LogP contribution is -2.16. The van der Waals surface area contributed by atoms with E-state index in [9.17, 15) is 14.9 Å². The lowest BCUT2D eigenvalue weighted by atomic mass is 10.1. The maximum absolute atomic E-state index is 11.6. The number of amides is 1. The molecule has 7 nitrogen and oxygen atoms in total. The van der Waals surface area contributed by atoms with Crippen molar-refractivity contribution in [2.24, 2.45) is 5.10 Å². The highest BCUT2D eigenvalue weighted by molar-refractivity contribution is 5.80. The highest BCUT2D eigenvalue weighted by atomic mass is 16.6. The molecule has 1 amide bonds. The summed E-state index contributed by atoms with van der Waals surface area (Å²) in [6, 6.07) is 2.67. The Morgan fingerprint density at radius 3 is 2.38 bits per heavy atom. The van der Waals surface area contributed by atoms with Crippen molar-refractivity contribution in [2.75, 3.05) is 0 Å². The van der Waals surface area contributed by atoms with E-state index < -0.39 is 4.92 Å². The van der Waals surface area contributed by atoms with Crippen LogP contribution < -0.4 is 5.43 Å². The Morgan fingerprint density at radius 2 is 1.79 bits per heavy atom. The van der Waals surface area contributed by atoms with Gasteiger partial charge in [0.1, 0.15) is 4.92 Å². The van der Waals surface area contributed by atoms with Gasteiger partial charge in [-0.2, -0.15) is 5.10 Å². The predicted molar refractivity (Wildman–Crippen MR) is 92.9 cm³/mol. The van der Waals surface area contributed by atoms with Crippen molar-refractivity contribution in [1.82, 2.24) is 5.43 Å². The topological polar surface area (TPSA) is 97.7 Å². The van der Waals surface area contributed by atoms with Crippen molar-refractivity contribution in [3.63, 3.8) is 0 Å². The van der Waals surface area contributed by atoms with Crippen LogP contribution in [0.15, 0.2) is 21.7 Å². The maximum Gasteiger partial charge on any atom is 0.433 e. The minimum Gasteiger partial charge on any atom is -0.400 e. The molecule has 0 aliphatic carbocycles. The second-order valence-corrected chi connectivity index (χ2v) is 5.80. The molecule has 1 rings (SSSR count). The number of carbonyl (C=O) groups excluding carboxylic acids is 1. The van der Waals surface area contributed by atoms with Crippen molar-refractivity contribution in [3.8, 4) is 0 Å². The molecule has 0 aliphatic rings. The number of hydrogen-bond donors (Lipinski definition) is 1. The Balaban J connectivity index is 2.03. The molecule has 0 radical (unpaired) electrons. The van der Waals surface area contributed by atoms with Gasteiger partial charge in [0.15, 0.2) is 5.76 Å². The summed E-state index contributed by atoms with van der Waals surface area (Å²) < 4.78 is 4.89. The van der Waals surface area contributed by atoms with Crippen molar-refractivity contribution in [3.05, 3.63) is 28.0 Å². The van der Waals surface area contributed by atoms with Gasteiger partial charge in [0, 0.05) is 6.42 Å². The molecular weight excluding hydrogens is 310 g/mol. The van der Waals surface area contributed by atoms with E-state index in [1.807, 2.05) is 0 Å². The molecular formula is C17H27N3O4. The van der Waals surface area contributed by atoms with Gasteiger partial charge in [-0.05, 0) is 12.5 Å². The van der Waals surface area contributed by atoms with Crippen molar-refractivity contribution >= 4 is 18.0 Å². The normalized spacial score (nSPS) is 11.0. The van der Waals surface area contributed by atoms with Crippen LogP contribution in [0.5, 0.6) is 0 Å². The summed E-state index contributed by atoms with van der Waals surface area (Å²) in [5.74, 6) is -0.280. The highest BCUT2D eigenvalue weighted by Gasteiger charge is 2.10. The third kappa shape index (κ3) is 9.07. The monoisotopic (exact) mass is 337 g/mol. The molecule has 0 aromatic carbocycles. The standard InChI is InChI=1S/C17H27N3O4/c1-2-3-4-5-6-7-8-9-10-11-16(21)19-18-14-15-12-13-17(24-15)20(22)23/h12-14H,2-11H2,1H3,(H,19,21). The summed E-state index contributed by atoms with van der Waals surface area (Å²) in [5, 5.41) is 14.2. The zero-order valence-electron chi connectivity index (χ0n) is 14.3. The minimum atomic E-state index is -0.625. The van der Waals surface area contributed by atoms with Crippen LogP contribution in [0.2, 0.25) is 0 Å². The predicted octanol–water partition coefficient (Wildman–Crippen LogP) is 4.56. The first-order valence-corrected chi connectivity index (χ1v) is 8.69. The number of furan rings is 1. The molecule has 0 spiro atoms. The first-order chi connectivity index (χ1) is 11.6. The molecule has 134 valence electrons. The van der Waals surface area contributed by atoms with Crippen LogP contribution in [-0.2, 0) is 4.79 Å². The first-order valence-electron chi connectivity index (χ1n) is 8.69. The largest absolute Gasteiger partial charge is 0.433 e. The number of unbranched alkanes of at least 4 members (excludes halogenated alkanes) is 8. The van der Waals surface area contributed by atoms with Crippen LogP contribution in [0.1, 0.15) is 76.9 Å². The number of hydrogen-bond acceptors (Lipinski definition) is 5. The van der Waals surface area contributed by atoms with Crippen LogP contribution in [0, 0.1) is 10.1 Å². The second-order valence-electron chi connectivity index (χ2n) is 5.80. The SMILES string of the molecule is CCCCCCCCCCCC(=O)NN=Cc1ccc([N+](=O)[O-])o1. The fourth-order valence-corrected chi connectivity index (χ4v) is 2.33. The molecule has 0 saturated carbocycles. The van der Waals surface area contributed by atoms with Gasteiger partial charge in [0.05, 0.1) is 12.3 Å². The number of nitrogens with one attached hydrogen (secondary N) is 1. The molecule has 1 aromatic rings. The summed E-state index contributed by atoms with van der Waals surface area (Å²) in [4.78, 5) is 21.4. The van der Waals surface area contributed by atoms with E-state index in [1.165, 1.54) is 63.3 Å². The zero-order valence-corrected chi connectivity index (χ0v) is 14.3. The minimum absolute atomic E-state index is 0.157. The van der Waals surface area contributed by atoms with Gasteiger partial charge in [0.25, 0.3) is 0 Å². The molecule has 0 fully saturated rings. The van der Waals surface area contributed by atoms with E-state index in [4.69, 9.17) is 4.42 Å². The Hall–Kier alpha value is -2.18.